The predicted molar refractivity (Wildman–Crippen MR) is 86.4 cm³/mol. The molecule has 5 nitrogen and oxygen atoms in total. The molecule has 0 unspecified atom stereocenters. The van der Waals surface area contributed by atoms with Crippen molar-refractivity contribution in [2.24, 2.45) is 0 Å². The van der Waals surface area contributed by atoms with E-state index in [-0.39, 0.29) is 5.91 Å². The van der Waals surface area contributed by atoms with Crippen molar-refractivity contribution in [2.75, 3.05) is 40.5 Å². The average molecular weight is 306 g/mol. The van der Waals surface area contributed by atoms with Gasteiger partial charge in [0.15, 0.2) is 0 Å². The number of ether oxygens (including phenoxy) is 2. The van der Waals surface area contributed by atoms with E-state index in [1.807, 2.05) is 36.2 Å². The molecule has 0 aromatic heterocycles. The molecule has 1 aromatic rings. The Balaban J connectivity index is 1.87. The smallest absolute Gasteiger partial charge is 0.253 e. The van der Waals surface area contributed by atoms with E-state index < -0.39 is 0 Å². The van der Waals surface area contributed by atoms with Crippen LogP contribution in [0.1, 0.15) is 29.6 Å². The fourth-order valence-electron chi connectivity index (χ4n) is 2.65. The van der Waals surface area contributed by atoms with Gasteiger partial charge in [-0.1, -0.05) is 0 Å². The maximum Gasteiger partial charge on any atom is 0.253 e. The number of nitrogens with zero attached hydrogens (tertiary/aromatic N) is 1. The SMILES string of the molecule is COCCCOc1ccc(C(=O)N(C)C2CCNCC2)cc1. The van der Waals surface area contributed by atoms with Crippen LogP contribution >= 0.6 is 0 Å². The van der Waals surface area contributed by atoms with Crippen molar-refractivity contribution < 1.29 is 14.3 Å². The van der Waals surface area contributed by atoms with Crippen LogP contribution < -0.4 is 10.1 Å². The van der Waals surface area contributed by atoms with E-state index in [1.54, 1.807) is 7.11 Å². The molecule has 1 N–H and O–H groups in total. The molecule has 1 fully saturated rings. The number of hydrogen-bond donors (Lipinski definition) is 1. The molecule has 0 atom stereocenters. The van der Waals surface area contributed by atoms with E-state index in [2.05, 4.69) is 5.32 Å². The summed E-state index contributed by atoms with van der Waals surface area (Å²) in [6.45, 7) is 3.28. The lowest BCUT2D eigenvalue weighted by Crippen LogP contribution is -2.43. The first-order valence-corrected chi connectivity index (χ1v) is 7.92. The van der Waals surface area contributed by atoms with Gasteiger partial charge in [0, 0.05) is 38.8 Å². The van der Waals surface area contributed by atoms with Crippen molar-refractivity contribution in [1.82, 2.24) is 10.2 Å². The summed E-state index contributed by atoms with van der Waals surface area (Å²) in [7, 11) is 3.58. The van der Waals surface area contributed by atoms with Crippen LogP contribution in [0.25, 0.3) is 0 Å². The highest BCUT2D eigenvalue weighted by atomic mass is 16.5. The number of rotatable bonds is 7. The molecule has 122 valence electrons. The van der Waals surface area contributed by atoms with Crippen molar-refractivity contribution in [3.8, 4) is 5.75 Å². The number of benzene rings is 1. The fourth-order valence-corrected chi connectivity index (χ4v) is 2.65. The third kappa shape index (κ3) is 4.71. The molecule has 1 heterocycles. The zero-order chi connectivity index (χ0) is 15.8. The van der Waals surface area contributed by atoms with Crippen molar-refractivity contribution >= 4 is 5.91 Å². The van der Waals surface area contributed by atoms with E-state index >= 15 is 0 Å². The molecule has 1 amide bonds. The summed E-state index contributed by atoms with van der Waals surface area (Å²) in [5.41, 5.74) is 0.713. The number of piperidine rings is 1. The molecule has 1 aliphatic rings. The Labute approximate surface area is 132 Å². The lowest BCUT2D eigenvalue weighted by atomic mass is 10.0. The molecule has 0 aliphatic carbocycles. The molecule has 1 aliphatic heterocycles. The summed E-state index contributed by atoms with van der Waals surface area (Å²) in [6, 6.07) is 7.72. The lowest BCUT2D eigenvalue weighted by Gasteiger charge is -2.31. The Kier molecular flexibility index (Phi) is 6.68. The van der Waals surface area contributed by atoms with Crippen LogP contribution in [0.5, 0.6) is 5.75 Å². The Morgan fingerprint density at radius 2 is 1.91 bits per heavy atom. The second kappa shape index (κ2) is 8.76. The first-order chi connectivity index (χ1) is 10.7. The number of nitrogens with one attached hydrogen (secondary N) is 1. The van der Waals surface area contributed by atoms with E-state index in [4.69, 9.17) is 9.47 Å². The minimum atomic E-state index is 0.0813. The van der Waals surface area contributed by atoms with Gasteiger partial charge < -0.3 is 19.7 Å². The van der Waals surface area contributed by atoms with Gasteiger partial charge in [-0.25, -0.2) is 0 Å². The van der Waals surface area contributed by atoms with Crippen molar-refractivity contribution in [2.45, 2.75) is 25.3 Å². The number of carbonyl (C=O) groups is 1. The van der Waals surface area contributed by atoms with Gasteiger partial charge in [-0.2, -0.15) is 0 Å². The summed E-state index contributed by atoms with van der Waals surface area (Å²) in [5.74, 6) is 0.870. The monoisotopic (exact) mass is 306 g/mol. The highest BCUT2D eigenvalue weighted by Crippen LogP contribution is 2.17. The third-order valence-electron chi connectivity index (χ3n) is 4.04. The Morgan fingerprint density at radius 1 is 1.23 bits per heavy atom. The minimum Gasteiger partial charge on any atom is -0.494 e. The standard InChI is InChI=1S/C17H26N2O3/c1-19(15-8-10-18-11-9-15)17(20)14-4-6-16(7-5-14)22-13-3-12-21-2/h4-7,15,18H,3,8-13H2,1-2H3. The summed E-state index contributed by atoms with van der Waals surface area (Å²) in [5, 5.41) is 3.32. The Morgan fingerprint density at radius 3 is 2.55 bits per heavy atom. The van der Waals surface area contributed by atoms with Crippen molar-refractivity contribution in [3.05, 3.63) is 29.8 Å². The number of carbonyl (C=O) groups excluding carboxylic acids is 1. The number of hydrogen-bond acceptors (Lipinski definition) is 4. The fraction of sp³-hybridized carbons (Fsp3) is 0.588. The predicted octanol–water partition coefficient (Wildman–Crippen LogP) is 1.93. The number of amides is 1. The maximum atomic E-state index is 12.5. The van der Waals surface area contributed by atoms with Gasteiger partial charge in [0.1, 0.15) is 5.75 Å². The molecule has 22 heavy (non-hydrogen) atoms. The molecule has 0 spiro atoms. The quantitative estimate of drug-likeness (QED) is 0.782. The van der Waals surface area contributed by atoms with Crippen LogP contribution in [0.15, 0.2) is 24.3 Å². The highest BCUT2D eigenvalue weighted by Gasteiger charge is 2.22. The molecule has 0 bridgehead atoms. The first-order valence-electron chi connectivity index (χ1n) is 7.92. The largest absolute Gasteiger partial charge is 0.494 e. The van der Waals surface area contributed by atoms with Gasteiger partial charge >= 0.3 is 0 Å². The van der Waals surface area contributed by atoms with Gasteiger partial charge in [-0.15, -0.1) is 0 Å². The maximum absolute atomic E-state index is 12.5. The number of methoxy groups -OCH3 is 1. The highest BCUT2D eigenvalue weighted by molar-refractivity contribution is 5.94. The molecular formula is C17H26N2O3. The second-order valence-electron chi connectivity index (χ2n) is 5.62. The van der Waals surface area contributed by atoms with E-state index in [1.165, 1.54) is 0 Å². The van der Waals surface area contributed by atoms with Crippen LogP contribution in [0, 0.1) is 0 Å². The zero-order valence-corrected chi connectivity index (χ0v) is 13.5. The summed E-state index contributed by atoms with van der Waals surface area (Å²) in [6.07, 6.45) is 2.89. The summed E-state index contributed by atoms with van der Waals surface area (Å²) < 4.78 is 10.6. The van der Waals surface area contributed by atoms with Crippen LogP contribution in [0.3, 0.4) is 0 Å². The van der Waals surface area contributed by atoms with E-state index in [0.717, 1.165) is 38.1 Å². The molecule has 0 saturated carbocycles. The molecule has 2 rings (SSSR count). The van der Waals surface area contributed by atoms with Gasteiger partial charge in [0.2, 0.25) is 0 Å². The molecule has 5 heteroatoms. The van der Waals surface area contributed by atoms with E-state index in [9.17, 15) is 4.79 Å². The van der Waals surface area contributed by atoms with Crippen LogP contribution in [-0.2, 0) is 4.74 Å². The Bertz CT molecular complexity index is 455. The third-order valence-corrected chi connectivity index (χ3v) is 4.04. The van der Waals surface area contributed by atoms with E-state index in [0.29, 0.717) is 24.8 Å². The van der Waals surface area contributed by atoms with Gasteiger partial charge in [0.25, 0.3) is 5.91 Å². The zero-order valence-electron chi connectivity index (χ0n) is 13.5. The van der Waals surface area contributed by atoms with Crippen molar-refractivity contribution in [1.29, 1.82) is 0 Å². The molecule has 1 saturated heterocycles. The lowest BCUT2D eigenvalue weighted by molar-refractivity contribution is 0.0703. The minimum absolute atomic E-state index is 0.0813. The van der Waals surface area contributed by atoms with Crippen LogP contribution in [-0.4, -0.2) is 57.3 Å². The summed E-state index contributed by atoms with van der Waals surface area (Å²) >= 11 is 0. The second-order valence-corrected chi connectivity index (χ2v) is 5.62. The van der Waals surface area contributed by atoms with Gasteiger partial charge in [-0.3, -0.25) is 4.79 Å². The Hall–Kier alpha value is -1.59. The van der Waals surface area contributed by atoms with Crippen LogP contribution in [0.4, 0.5) is 0 Å². The normalized spacial score (nSPS) is 15.5. The molecule has 0 radical (unpaired) electrons. The average Bonchev–Trinajstić information content (AvgIpc) is 2.59. The van der Waals surface area contributed by atoms with Crippen molar-refractivity contribution in [3.63, 3.8) is 0 Å². The molecule has 1 aromatic carbocycles. The van der Waals surface area contributed by atoms with Gasteiger partial charge in [-0.05, 0) is 50.2 Å². The van der Waals surface area contributed by atoms with Gasteiger partial charge in [0.05, 0.1) is 6.61 Å². The first kappa shape index (κ1) is 16.8. The molecular weight excluding hydrogens is 280 g/mol. The topological polar surface area (TPSA) is 50.8 Å². The summed E-state index contributed by atoms with van der Waals surface area (Å²) in [4.78, 5) is 14.4. The van der Waals surface area contributed by atoms with Crippen LogP contribution in [0.2, 0.25) is 0 Å².